The second-order valence-corrected chi connectivity index (χ2v) is 7.28. The number of nitrogens with one attached hydrogen (secondary N) is 1. The topological polar surface area (TPSA) is 85.1 Å². The number of thiophene rings is 1. The molecule has 3 rings (SSSR count). The predicted octanol–water partition coefficient (Wildman–Crippen LogP) is 2.56. The molecule has 0 aliphatic carbocycles. The van der Waals surface area contributed by atoms with Crippen LogP contribution in [-0.2, 0) is 16.6 Å². The Morgan fingerprint density at radius 1 is 1.24 bits per heavy atom. The molecule has 108 valence electrons. The van der Waals surface area contributed by atoms with Crippen LogP contribution in [0.1, 0.15) is 5.56 Å². The molecule has 0 radical (unpaired) electrons. The lowest BCUT2D eigenvalue weighted by Crippen LogP contribution is -2.12. The molecule has 0 spiro atoms. The smallest absolute Gasteiger partial charge is 0.271 e. The van der Waals surface area contributed by atoms with Crippen LogP contribution in [0.4, 0.5) is 5.69 Å². The van der Waals surface area contributed by atoms with Crippen molar-refractivity contribution < 1.29 is 8.42 Å². The van der Waals surface area contributed by atoms with Gasteiger partial charge < -0.3 is 5.73 Å². The number of hydrogen-bond donors (Lipinski definition) is 2. The molecule has 0 aliphatic rings. The molecule has 3 aromatic rings. The summed E-state index contributed by atoms with van der Waals surface area (Å²) in [5.74, 6) is 0. The van der Waals surface area contributed by atoms with Gasteiger partial charge in [-0.2, -0.15) is 0 Å². The molecule has 2 heterocycles. The van der Waals surface area contributed by atoms with Gasteiger partial charge in [-0.05, 0) is 29.1 Å². The maximum absolute atomic E-state index is 12.4. The van der Waals surface area contributed by atoms with Crippen LogP contribution in [0.5, 0.6) is 0 Å². The molecule has 0 saturated carbocycles. The summed E-state index contributed by atoms with van der Waals surface area (Å²) in [7, 11) is -3.62. The molecule has 0 atom stereocenters. The van der Waals surface area contributed by atoms with Crippen LogP contribution in [0, 0.1) is 0 Å². The Morgan fingerprint density at radius 2 is 2.05 bits per heavy atom. The van der Waals surface area contributed by atoms with E-state index in [4.69, 9.17) is 5.73 Å². The number of rotatable bonds is 4. The number of nitrogens with two attached hydrogens (primary N) is 1. The first-order valence-corrected chi connectivity index (χ1v) is 8.60. The molecule has 2 aromatic heterocycles. The van der Waals surface area contributed by atoms with Gasteiger partial charge in [-0.15, -0.1) is 11.3 Å². The molecule has 0 amide bonds. The minimum atomic E-state index is -3.62. The van der Waals surface area contributed by atoms with E-state index in [-0.39, 0.29) is 4.21 Å². The summed E-state index contributed by atoms with van der Waals surface area (Å²) in [6, 6.07) is 10.7. The summed E-state index contributed by atoms with van der Waals surface area (Å²) in [6.45, 7) is 0.321. The van der Waals surface area contributed by atoms with E-state index in [1.165, 1.54) is 0 Å². The number of fused-ring (bicyclic) bond motifs is 1. The molecule has 0 saturated heterocycles. The summed E-state index contributed by atoms with van der Waals surface area (Å²) in [5, 5.41) is 2.63. The lowest BCUT2D eigenvalue weighted by molar-refractivity contribution is 0.603. The number of pyridine rings is 1. The fourth-order valence-electron chi connectivity index (χ4n) is 1.98. The van der Waals surface area contributed by atoms with Gasteiger partial charge in [0.1, 0.15) is 4.21 Å². The maximum atomic E-state index is 12.4. The second kappa shape index (κ2) is 5.44. The van der Waals surface area contributed by atoms with Gasteiger partial charge in [0.15, 0.2) is 0 Å². The zero-order valence-electron chi connectivity index (χ0n) is 11.0. The molecule has 0 aliphatic heterocycles. The van der Waals surface area contributed by atoms with E-state index in [9.17, 15) is 8.42 Å². The lowest BCUT2D eigenvalue weighted by Gasteiger charge is -2.08. The number of nitrogens with zero attached hydrogens (tertiary/aromatic N) is 1. The van der Waals surface area contributed by atoms with E-state index in [1.807, 2.05) is 18.2 Å². The molecule has 5 nitrogen and oxygen atoms in total. The largest absolute Gasteiger partial charge is 0.326 e. The number of aromatic nitrogens is 1. The van der Waals surface area contributed by atoms with Crippen LogP contribution in [0.25, 0.3) is 10.9 Å². The normalized spacial score (nSPS) is 11.7. The Hall–Kier alpha value is -1.96. The van der Waals surface area contributed by atoms with Crippen molar-refractivity contribution in [3.05, 3.63) is 53.5 Å². The third-order valence-corrected chi connectivity index (χ3v) is 5.86. The summed E-state index contributed by atoms with van der Waals surface area (Å²) in [5.41, 5.74) is 7.41. The van der Waals surface area contributed by atoms with Crippen molar-refractivity contribution in [2.45, 2.75) is 10.8 Å². The summed E-state index contributed by atoms with van der Waals surface area (Å²) in [4.78, 5) is 4.24. The molecule has 3 N–H and O–H groups in total. The first-order chi connectivity index (χ1) is 10.1. The third-order valence-electron chi connectivity index (χ3n) is 3.01. The Morgan fingerprint density at radius 3 is 2.81 bits per heavy atom. The Kier molecular flexibility index (Phi) is 3.62. The lowest BCUT2D eigenvalue weighted by atomic mass is 10.2. The number of hydrogen-bond acceptors (Lipinski definition) is 5. The van der Waals surface area contributed by atoms with Crippen LogP contribution in [0.15, 0.2) is 52.2 Å². The monoisotopic (exact) mass is 319 g/mol. The van der Waals surface area contributed by atoms with Crippen molar-refractivity contribution in [2.24, 2.45) is 5.73 Å². The Labute approximate surface area is 126 Å². The summed E-state index contributed by atoms with van der Waals surface area (Å²) < 4.78 is 27.7. The van der Waals surface area contributed by atoms with Crippen LogP contribution >= 0.6 is 11.3 Å². The Bertz CT molecular complexity index is 883. The maximum Gasteiger partial charge on any atom is 0.271 e. The Balaban J connectivity index is 2.01. The fourth-order valence-corrected chi connectivity index (χ4v) is 4.27. The van der Waals surface area contributed by atoms with E-state index in [0.717, 1.165) is 22.3 Å². The van der Waals surface area contributed by atoms with Gasteiger partial charge >= 0.3 is 0 Å². The van der Waals surface area contributed by atoms with E-state index in [1.54, 1.807) is 29.8 Å². The highest BCUT2D eigenvalue weighted by Crippen LogP contribution is 2.26. The highest BCUT2D eigenvalue weighted by atomic mass is 32.2. The number of para-hydroxylation sites is 1. The molecule has 0 fully saturated rings. The quantitative estimate of drug-likeness (QED) is 0.774. The van der Waals surface area contributed by atoms with Crippen LogP contribution in [0.3, 0.4) is 0 Å². The molecular formula is C14H13N3O2S2. The van der Waals surface area contributed by atoms with Crippen molar-refractivity contribution >= 4 is 38.0 Å². The van der Waals surface area contributed by atoms with Gasteiger partial charge in [0.2, 0.25) is 0 Å². The number of benzene rings is 1. The van der Waals surface area contributed by atoms with Crippen LogP contribution < -0.4 is 10.5 Å². The van der Waals surface area contributed by atoms with E-state index in [0.29, 0.717) is 17.7 Å². The number of sulfonamides is 1. The van der Waals surface area contributed by atoms with Gasteiger partial charge in [-0.25, -0.2) is 8.42 Å². The standard InChI is InChI=1S/C14H13N3O2S2/c15-8-10-7-13(20-9-10)21(18,19)17-12-5-1-3-11-4-2-6-16-14(11)12/h1-7,9,17H,8,15H2. The van der Waals surface area contributed by atoms with Crippen molar-refractivity contribution in [2.75, 3.05) is 4.72 Å². The highest BCUT2D eigenvalue weighted by Gasteiger charge is 2.18. The molecule has 7 heteroatoms. The average molecular weight is 319 g/mol. The molecule has 1 aromatic carbocycles. The summed E-state index contributed by atoms with van der Waals surface area (Å²) >= 11 is 1.15. The zero-order chi connectivity index (χ0) is 14.9. The van der Waals surface area contributed by atoms with Gasteiger partial charge in [0, 0.05) is 18.1 Å². The molecule has 0 unspecified atom stereocenters. The van der Waals surface area contributed by atoms with E-state index < -0.39 is 10.0 Å². The zero-order valence-corrected chi connectivity index (χ0v) is 12.6. The van der Waals surface area contributed by atoms with Gasteiger partial charge in [0.25, 0.3) is 10.0 Å². The highest BCUT2D eigenvalue weighted by molar-refractivity contribution is 7.94. The average Bonchev–Trinajstić information content (AvgIpc) is 2.97. The van der Waals surface area contributed by atoms with Gasteiger partial charge in [-0.3, -0.25) is 9.71 Å². The summed E-state index contributed by atoms with van der Waals surface area (Å²) in [6.07, 6.45) is 1.64. The minimum Gasteiger partial charge on any atom is -0.326 e. The predicted molar refractivity (Wildman–Crippen MR) is 84.8 cm³/mol. The van der Waals surface area contributed by atoms with Crippen LogP contribution in [-0.4, -0.2) is 13.4 Å². The fraction of sp³-hybridized carbons (Fsp3) is 0.0714. The van der Waals surface area contributed by atoms with Gasteiger partial charge in [-0.1, -0.05) is 18.2 Å². The van der Waals surface area contributed by atoms with Crippen molar-refractivity contribution in [1.29, 1.82) is 0 Å². The van der Waals surface area contributed by atoms with E-state index >= 15 is 0 Å². The first-order valence-electron chi connectivity index (χ1n) is 6.24. The first kappa shape index (κ1) is 14.0. The van der Waals surface area contributed by atoms with Crippen molar-refractivity contribution in [3.8, 4) is 0 Å². The molecular weight excluding hydrogens is 306 g/mol. The molecule has 0 bridgehead atoms. The van der Waals surface area contributed by atoms with Crippen molar-refractivity contribution in [1.82, 2.24) is 4.98 Å². The molecule has 21 heavy (non-hydrogen) atoms. The second-order valence-electron chi connectivity index (χ2n) is 4.46. The van der Waals surface area contributed by atoms with Gasteiger partial charge in [0.05, 0.1) is 11.2 Å². The third kappa shape index (κ3) is 2.76. The van der Waals surface area contributed by atoms with Crippen LogP contribution in [0.2, 0.25) is 0 Å². The van der Waals surface area contributed by atoms with E-state index in [2.05, 4.69) is 9.71 Å². The minimum absolute atomic E-state index is 0.246. The van der Waals surface area contributed by atoms with Crippen molar-refractivity contribution in [3.63, 3.8) is 0 Å². The number of anilines is 1. The SMILES string of the molecule is NCc1csc(S(=O)(=O)Nc2cccc3cccnc23)c1.